The van der Waals surface area contributed by atoms with Crippen molar-refractivity contribution < 1.29 is 4.79 Å². The minimum absolute atomic E-state index is 0.0631. The average Bonchev–Trinajstić information content (AvgIpc) is 2.64. The summed E-state index contributed by atoms with van der Waals surface area (Å²) < 4.78 is 0. The van der Waals surface area contributed by atoms with Crippen LogP contribution in [0.1, 0.15) is 23.4 Å². The maximum absolute atomic E-state index is 12.1. The molecule has 1 amide bonds. The zero-order valence-corrected chi connectivity index (χ0v) is 12.0. The second kappa shape index (κ2) is 5.76. The van der Waals surface area contributed by atoms with Crippen molar-refractivity contribution in [2.24, 2.45) is 0 Å². The summed E-state index contributed by atoms with van der Waals surface area (Å²) in [7, 11) is 1.91. The maximum Gasteiger partial charge on any atom is 0.236 e. The van der Waals surface area contributed by atoms with Crippen LogP contribution >= 0.6 is 11.8 Å². The smallest absolute Gasteiger partial charge is 0.236 e. The van der Waals surface area contributed by atoms with E-state index in [0.717, 1.165) is 13.1 Å². The molecule has 0 spiro atoms. The van der Waals surface area contributed by atoms with Gasteiger partial charge in [-0.1, -0.05) is 29.8 Å². The fraction of sp³-hybridized carbons (Fsp3) is 0.500. The van der Waals surface area contributed by atoms with Gasteiger partial charge in [0.05, 0.1) is 5.25 Å². The van der Waals surface area contributed by atoms with Crippen molar-refractivity contribution in [1.82, 2.24) is 10.2 Å². The van der Waals surface area contributed by atoms with Crippen LogP contribution in [0.5, 0.6) is 0 Å². The van der Waals surface area contributed by atoms with Gasteiger partial charge in [-0.15, -0.1) is 11.8 Å². The molecular formula is C14H20N2OS. The number of thioether (sulfide) groups is 1. The topological polar surface area (TPSA) is 32.3 Å². The summed E-state index contributed by atoms with van der Waals surface area (Å²) in [5, 5.41) is 3.34. The molecule has 98 valence electrons. The van der Waals surface area contributed by atoms with Gasteiger partial charge in [-0.3, -0.25) is 4.79 Å². The molecule has 0 unspecified atom stereocenters. The van der Waals surface area contributed by atoms with E-state index in [-0.39, 0.29) is 16.5 Å². The molecule has 2 rings (SSSR count). The summed E-state index contributed by atoms with van der Waals surface area (Å²) in [6, 6.07) is 8.48. The van der Waals surface area contributed by atoms with Crippen LogP contribution in [0.3, 0.4) is 0 Å². The van der Waals surface area contributed by atoms with Crippen LogP contribution in [0.4, 0.5) is 0 Å². The van der Waals surface area contributed by atoms with Crippen LogP contribution in [0.2, 0.25) is 0 Å². The Balaban J connectivity index is 2.19. The van der Waals surface area contributed by atoms with Gasteiger partial charge in [0.25, 0.3) is 0 Å². The first-order valence-electron chi connectivity index (χ1n) is 6.30. The van der Waals surface area contributed by atoms with Crippen LogP contribution in [0.25, 0.3) is 0 Å². The maximum atomic E-state index is 12.1. The number of rotatable bonds is 4. The van der Waals surface area contributed by atoms with E-state index in [9.17, 15) is 4.79 Å². The summed E-state index contributed by atoms with van der Waals surface area (Å²) in [5.41, 5.74) is 2.47. The molecule has 0 radical (unpaired) electrons. The van der Waals surface area contributed by atoms with Crippen molar-refractivity contribution >= 4 is 17.7 Å². The third-order valence-corrected chi connectivity index (χ3v) is 4.61. The minimum Gasteiger partial charge on any atom is -0.324 e. The standard InChI is InChI=1S/C14H20N2OS/c1-10-4-6-12(7-5-10)14-16(9-8-15-3)13(17)11(2)18-14/h4-7,11,14-15H,8-9H2,1-3H3/t11-,14-/m0/s1. The summed E-state index contributed by atoms with van der Waals surface area (Å²) in [4.78, 5) is 14.1. The zero-order chi connectivity index (χ0) is 13.1. The Hall–Kier alpha value is -1.00. The van der Waals surface area contributed by atoms with E-state index in [0.29, 0.717) is 0 Å². The molecule has 2 atom stereocenters. The first-order chi connectivity index (χ1) is 8.63. The zero-order valence-electron chi connectivity index (χ0n) is 11.1. The molecule has 1 N–H and O–H groups in total. The fourth-order valence-electron chi connectivity index (χ4n) is 2.12. The van der Waals surface area contributed by atoms with Gasteiger partial charge in [0, 0.05) is 13.1 Å². The van der Waals surface area contributed by atoms with E-state index in [1.165, 1.54) is 11.1 Å². The Morgan fingerprint density at radius 2 is 2.00 bits per heavy atom. The molecule has 1 aromatic rings. The second-order valence-corrected chi connectivity index (χ2v) is 6.10. The normalized spacial score (nSPS) is 23.7. The molecule has 1 aliphatic rings. The van der Waals surface area contributed by atoms with Crippen molar-refractivity contribution in [3.8, 4) is 0 Å². The monoisotopic (exact) mass is 264 g/mol. The highest BCUT2D eigenvalue weighted by atomic mass is 32.2. The number of nitrogens with one attached hydrogen (secondary N) is 1. The molecule has 1 aromatic carbocycles. The summed E-state index contributed by atoms with van der Waals surface area (Å²) in [6.07, 6.45) is 0. The number of amides is 1. The van der Waals surface area contributed by atoms with Gasteiger partial charge >= 0.3 is 0 Å². The first-order valence-corrected chi connectivity index (χ1v) is 7.25. The number of hydrogen-bond acceptors (Lipinski definition) is 3. The quantitative estimate of drug-likeness (QED) is 0.904. The largest absolute Gasteiger partial charge is 0.324 e. The Labute approximate surface area is 113 Å². The number of carbonyl (C=O) groups is 1. The summed E-state index contributed by atoms with van der Waals surface area (Å²) in [5.74, 6) is 0.251. The van der Waals surface area contributed by atoms with E-state index in [1.807, 2.05) is 18.9 Å². The predicted octanol–water partition coefficient (Wildman–Crippen LogP) is 2.18. The van der Waals surface area contributed by atoms with Gasteiger partial charge in [-0.25, -0.2) is 0 Å². The van der Waals surface area contributed by atoms with E-state index in [1.54, 1.807) is 11.8 Å². The SMILES string of the molecule is CNCCN1C(=O)[C@H](C)S[C@H]1c1ccc(C)cc1. The number of carbonyl (C=O) groups excluding carboxylic acids is 1. The molecule has 18 heavy (non-hydrogen) atoms. The number of aryl methyl sites for hydroxylation is 1. The van der Waals surface area contributed by atoms with E-state index < -0.39 is 0 Å². The van der Waals surface area contributed by atoms with E-state index in [2.05, 4.69) is 36.5 Å². The Morgan fingerprint density at radius 1 is 1.33 bits per heavy atom. The van der Waals surface area contributed by atoms with Gasteiger partial charge in [0.1, 0.15) is 5.37 Å². The van der Waals surface area contributed by atoms with Crippen molar-refractivity contribution in [3.63, 3.8) is 0 Å². The number of hydrogen-bond donors (Lipinski definition) is 1. The van der Waals surface area contributed by atoms with E-state index in [4.69, 9.17) is 0 Å². The van der Waals surface area contributed by atoms with Gasteiger partial charge in [0.2, 0.25) is 5.91 Å². The van der Waals surface area contributed by atoms with Crippen LogP contribution in [-0.4, -0.2) is 36.2 Å². The molecule has 0 saturated carbocycles. The molecule has 0 bridgehead atoms. The molecule has 1 saturated heterocycles. The van der Waals surface area contributed by atoms with Gasteiger partial charge in [-0.05, 0) is 26.5 Å². The molecule has 3 nitrogen and oxygen atoms in total. The lowest BCUT2D eigenvalue weighted by molar-refractivity contribution is -0.129. The van der Waals surface area contributed by atoms with Crippen molar-refractivity contribution in [3.05, 3.63) is 35.4 Å². The predicted molar refractivity (Wildman–Crippen MR) is 76.6 cm³/mol. The average molecular weight is 264 g/mol. The van der Waals surface area contributed by atoms with Crippen LogP contribution < -0.4 is 5.32 Å². The molecule has 1 aliphatic heterocycles. The molecule has 1 fully saturated rings. The highest BCUT2D eigenvalue weighted by molar-refractivity contribution is 8.01. The van der Waals surface area contributed by atoms with Gasteiger partial charge in [0.15, 0.2) is 0 Å². The van der Waals surface area contributed by atoms with Crippen LogP contribution in [0.15, 0.2) is 24.3 Å². The van der Waals surface area contributed by atoms with Crippen molar-refractivity contribution in [2.75, 3.05) is 20.1 Å². The molecule has 1 heterocycles. The minimum atomic E-state index is 0.0631. The third kappa shape index (κ3) is 2.70. The van der Waals surface area contributed by atoms with Gasteiger partial charge in [-0.2, -0.15) is 0 Å². The first kappa shape index (κ1) is 13.4. The third-order valence-electron chi connectivity index (χ3n) is 3.21. The lowest BCUT2D eigenvalue weighted by Crippen LogP contribution is -2.35. The highest BCUT2D eigenvalue weighted by Crippen LogP contribution is 2.42. The summed E-state index contributed by atoms with van der Waals surface area (Å²) in [6.45, 7) is 5.68. The van der Waals surface area contributed by atoms with Crippen LogP contribution in [0, 0.1) is 6.92 Å². The number of nitrogens with zero attached hydrogens (tertiary/aromatic N) is 1. The number of benzene rings is 1. The molecular weight excluding hydrogens is 244 g/mol. The van der Waals surface area contributed by atoms with Crippen LogP contribution in [-0.2, 0) is 4.79 Å². The van der Waals surface area contributed by atoms with E-state index >= 15 is 0 Å². The second-order valence-electron chi connectivity index (χ2n) is 4.68. The molecule has 0 aromatic heterocycles. The van der Waals surface area contributed by atoms with Crippen molar-refractivity contribution in [2.45, 2.75) is 24.5 Å². The Morgan fingerprint density at radius 3 is 2.61 bits per heavy atom. The Kier molecular flexibility index (Phi) is 4.30. The van der Waals surface area contributed by atoms with Gasteiger partial charge < -0.3 is 10.2 Å². The number of likely N-dealkylation sites (N-methyl/N-ethyl adjacent to an activating group) is 1. The Bertz CT molecular complexity index is 418. The lowest BCUT2D eigenvalue weighted by atomic mass is 10.1. The fourth-order valence-corrected chi connectivity index (χ4v) is 3.43. The lowest BCUT2D eigenvalue weighted by Gasteiger charge is -2.24. The summed E-state index contributed by atoms with van der Waals surface area (Å²) >= 11 is 1.74. The van der Waals surface area contributed by atoms with Crippen molar-refractivity contribution in [1.29, 1.82) is 0 Å². The highest BCUT2D eigenvalue weighted by Gasteiger charge is 2.37. The molecule has 4 heteroatoms. The molecule has 0 aliphatic carbocycles.